The number of benzene rings is 2. The van der Waals surface area contributed by atoms with Crippen LogP contribution in [0.2, 0.25) is 0 Å². The number of nitrogens with one attached hydrogen (secondary N) is 1. The molecule has 114 valence electrons. The molecule has 0 saturated carbocycles. The van der Waals surface area contributed by atoms with Crippen LogP contribution in [0.4, 0.5) is 10.1 Å². The Bertz CT molecular complexity index is 681. The first-order chi connectivity index (χ1) is 10.6. The van der Waals surface area contributed by atoms with Crippen molar-refractivity contribution < 1.29 is 18.7 Å². The standard InChI is InChI=1S/C17H16FNO3/c1-21-14-7-5-13(6-8-14)19-17(20)10-4-12-3-9-16(22-2)15(18)11-12/h3-11H,1-2H3,(H,19,20)/b10-4+. The number of hydrogen-bond acceptors (Lipinski definition) is 3. The Balaban J connectivity index is 1.99. The molecule has 2 aromatic carbocycles. The molecule has 0 saturated heterocycles. The fourth-order valence-electron chi connectivity index (χ4n) is 1.82. The summed E-state index contributed by atoms with van der Waals surface area (Å²) >= 11 is 0. The first kappa shape index (κ1) is 15.6. The quantitative estimate of drug-likeness (QED) is 0.860. The van der Waals surface area contributed by atoms with Gasteiger partial charge in [0.1, 0.15) is 5.75 Å². The molecule has 0 atom stereocenters. The Morgan fingerprint density at radius 1 is 1.09 bits per heavy atom. The molecule has 0 unspecified atom stereocenters. The largest absolute Gasteiger partial charge is 0.497 e. The van der Waals surface area contributed by atoms with E-state index in [1.165, 1.54) is 31.4 Å². The number of amides is 1. The molecule has 22 heavy (non-hydrogen) atoms. The van der Waals surface area contributed by atoms with Gasteiger partial charge in [-0.15, -0.1) is 0 Å². The molecule has 5 heteroatoms. The van der Waals surface area contributed by atoms with E-state index in [0.29, 0.717) is 17.0 Å². The van der Waals surface area contributed by atoms with E-state index in [2.05, 4.69) is 5.32 Å². The third kappa shape index (κ3) is 4.09. The van der Waals surface area contributed by atoms with Crippen LogP contribution in [-0.4, -0.2) is 20.1 Å². The van der Waals surface area contributed by atoms with Gasteiger partial charge in [-0.3, -0.25) is 4.79 Å². The molecule has 0 aliphatic rings. The highest BCUT2D eigenvalue weighted by molar-refractivity contribution is 6.01. The minimum Gasteiger partial charge on any atom is -0.497 e. The fourth-order valence-corrected chi connectivity index (χ4v) is 1.82. The first-order valence-corrected chi connectivity index (χ1v) is 6.59. The average molecular weight is 301 g/mol. The number of carbonyl (C=O) groups excluding carboxylic acids is 1. The summed E-state index contributed by atoms with van der Waals surface area (Å²) in [6, 6.07) is 11.4. The maximum atomic E-state index is 13.5. The molecule has 0 aromatic heterocycles. The van der Waals surface area contributed by atoms with Gasteiger partial charge in [-0.2, -0.15) is 0 Å². The van der Waals surface area contributed by atoms with Crippen LogP contribution in [0.15, 0.2) is 48.5 Å². The molecule has 0 fully saturated rings. The van der Waals surface area contributed by atoms with Gasteiger partial charge in [-0.1, -0.05) is 6.07 Å². The lowest BCUT2D eigenvalue weighted by atomic mass is 10.2. The van der Waals surface area contributed by atoms with Crippen LogP contribution in [0.25, 0.3) is 6.08 Å². The predicted molar refractivity (Wildman–Crippen MR) is 83.6 cm³/mol. The van der Waals surface area contributed by atoms with Gasteiger partial charge < -0.3 is 14.8 Å². The van der Waals surface area contributed by atoms with Crippen LogP contribution in [0.1, 0.15) is 5.56 Å². The van der Waals surface area contributed by atoms with Gasteiger partial charge in [0.05, 0.1) is 14.2 Å². The van der Waals surface area contributed by atoms with Gasteiger partial charge in [0.25, 0.3) is 0 Å². The van der Waals surface area contributed by atoms with Crippen LogP contribution in [-0.2, 0) is 4.79 Å². The summed E-state index contributed by atoms with van der Waals surface area (Å²) in [7, 11) is 2.97. The van der Waals surface area contributed by atoms with Crippen LogP contribution in [0.5, 0.6) is 11.5 Å². The fraction of sp³-hybridized carbons (Fsp3) is 0.118. The second-order valence-electron chi connectivity index (χ2n) is 4.45. The SMILES string of the molecule is COc1ccc(NC(=O)/C=C/c2ccc(OC)c(F)c2)cc1. The molecular formula is C17H16FNO3. The third-order valence-corrected chi connectivity index (χ3v) is 2.96. The Labute approximate surface area is 128 Å². The van der Waals surface area contributed by atoms with Crippen LogP contribution in [0, 0.1) is 5.82 Å². The topological polar surface area (TPSA) is 47.6 Å². The number of halogens is 1. The molecule has 0 radical (unpaired) electrons. The van der Waals surface area contributed by atoms with Crippen LogP contribution < -0.4 is 14.8 Å². The van der Waals surface area contributed by atoms with E-state index in [-0.39, 0.29) is 11.7 Å². The van der Waals surface area contributed by atoms with Crippen molar-refractivity contribution in [3.8, 4) is 11.5 Å². The molecule has 0 heterocycles. The number of hydrogen-bond donors (Lipinski definition) is 1. The van der Waals surface area contributed by atoms with Crippen molar-refractivity contribution in [2.24, 2.45) is 0 Å². The van der Waals surface area contributed by atoms with Crippen molar-refractivity contribution in [2.75, 3.05) is 19.5 Å². The van der Waals surface area contributed by atoms with E-state index in [0.717, 1.165) is 0 Å². The molecule has 0 spiro atoms. The third-order valence-electron chi connectivity index (χ3n) is 2.96. The monoisotopic (exact) mass is 301 g/mol. The van der Waals surface area contributed by atoms with Gasteiger partial charge in [0.2, 0.25) is 5.91 Å². The average Bonchev–Trinajstić information content (AvgIpc) is 2.54. The normalized spacial score (nSPS) is 10.5. The van der Waals surface area contributed by atoms with Crippen LogP contribution >= 0.6 is 0 Å². The van der Waals surface area contributed by atoms with Crippen molar-refractivity contribution in [1.29, 1.82) is 0 Å². The van der Waals surface area contributed by atoms with E-state index in [9.17, 15) is 9.18 Å². The summed E-state index contributed by atoms with van der Waals surface area (Å²) in [5.41, 5.74) is 1.22. The smallest absolute Gasteiger partial charge is 0.248 e. The highest BCUT2D eigenvalue weighted by Crippen LogP contribution is 2.18. The summed E-state index contributed by atoms with van der Waals surface area (Å²) < 4.78 is 23.4. The lowest BCUT2D eigenvalue weighted by molar-refractivity contribution is -0.111. The maximum Gasteiger partial charge on any atom is 0.248 e. The van der Waals surface area contributed by atoms with E-state index >= 15 is 0 Å². The van der Waals surface area contributed by atoms with Gasteiger partial charge in [-0.25, -0.2) is 4.39 Å². The number of carbonyl (C=O) groups is 1. The lowest BCUT2D eigenvalue weighted by Gasteiger charge is -2.04. The maximum absolute atomic E-state index is 13.5. The van der Waals surface area contributed by atoms with Crippen molar-refractivity contribution >= 4 is 17.7 Å². The van der Waals surface area contributed by atoms with Crippen molar-refractivity contribution in [2.45, 2.75) is 0 Å². The van der Waals surface area contributed by atoms with E-state index in [4.69, 9.17) is 9.47 Å². The molecule has 0 bridgehead atoms. The van der Waals surface area contributed by atoms with Gasteiger partial charge in [0, 0.05) is 11.8 Å². The van der Waals surface area contributed by atoms with Gasteiger partial charge in [0.15, 0.2) is 11.6 Å². The second-order valence-corrected chi connectivity index (χ2v) is 4.45. The number of anilines is 1. The molecule has 0 aliphatic carbocycles. The highest BCUT2D eigenvalue weighted by Gasteiger charge is 2.02. The predicted octanol–water partition coefficient (Wildman–Crippen LogP) is 3.49. The number of rotatable bonds is 5. The zero-order chi connectivity index (χ0) is 15.9. The first-order valence-electron chi connectivity index (χ1n) is 6.59. The second kappa shape index (κ2) is 7.26. The minimum atomic E-state index is -0.472. The highest BCUT2D eigenvalue weighted by atomic mass is 19.1. The molecule has 2 aromatic rings. The summed E-state index contributed by atoms with van der Waals surface area (Å²) in [6.45, 7) is 0. The van der Waals surface area contributed by atoms with E-state index < -0.39 is 5.82 Å². The number of methoxy groups -OCH3 is 2. The van der Waals surface area contributed by atoms with Crippen molar-refractivity contribution in [1.82, 2.24) is 0 Å². The van der Waals surface area contributed by atoms with E-state index in [1.807, 2.05) is 0 Å². The molecule has 4 nitrogen and oxygen atoms in total. The van der Waals surface area contributed by atoms with Gasteiger partial charge in [-0.05, 0) is 48.0 Å². The summed E-state index contributed by atoms with van der Waals surface area (Å²) in [6.07, 6.45) is 2.87. The van der Waals surface area contributed by atoms with E-state index in [1.54, 1.807) is 37.4 Å². The molecule has 2 rings (SSSR count). The molecular weight excluding hydrogens is 285 g/mol. The zero-order valence-corrected chi connectivity index (χ0v) is 12.3. The molecule has 1 N–H and O–H groups in total. The Morgan fingerprint density at radius 3 is 2.41 bits per heavy atom. The Hall–Kier alpha value is -2.82. The van der Waals surface area contributed by atoms with Crippen molar-refractivity contribution in [3.63, 3.8) is 0 Å². The molecule has 1 amide bonds. The van der Waals surface area contributed by atoms with Gasteiger partial charge >= 0.3 is 0 Å². The molecule has 0 aliphatic heterocycles. The van der Waals surface area contributed by atoms with Crippen molar-refractivity contribution in [3.05, 3.63) is 59.9 Å². The zero-order valence-electron chi connectivity index (χ0n) is 12.3. The summed E-state index contributed by atoms with van der Waals surface area (Å²) in [5, 5.41) is 2.70. The van der Waals surface area contributed by atoms with Crippen LogP contribution in [0.3, 0.4) is 0 Å². The lowest BCUT2D eigenvalue weighted by Crippen LogP contribution is -2.07. The Kier molecular flexibility index (Phi) is 5.14. The summed E-state index contributed by atoms with van der Waals surface area (Å²) in [4.78, 5) is 11.8. The Morgan fingerprint density at radius 2 is 1.82 bits per heavy atom. The summed E-state index contributed by atoms with van der Waals surface area (Å²) in [5.74, 6) is 0.101. The minimum absolute atomic E-state index is 0.167. The number of ether oxygens (including phenoxy) is 2.